The number of carbonyl (C=O) groups is 4. The normalized spacial score (nSPS) is 30.3. The summed E-state index contributed by atoms with van der Waals surface area (Å²) in [6.45, 7) is 3.14. The molecule has 0 radical (unpaired) electrons. The molecule has 166 valence electrons. The summed E-state index contributed by atoms with van der Waals surface area (Å²) in [6, 6.07) is -1.06. The van der Waals surface area contributed by atoms with Gasteiger partial charge in [-0.1, -0.05) is 5.16 Å². The number of hydrogen-bond donors (Lipinski definition) is 2. The quantitative estimate of drug-likeness (QED) is 0.133. The van der Waals surface area contributed by atoms with Crippen LogP contribution in [0.4, 0.5) is 5.13 Å². The fourth-order valence-corrected chi connectivity index (χ4v) is 6.38. The fourth-order valence-electron chi connectivity index (χ4n) is 4.01. The van der Waals surface area contributed by atoms with Gasteiger partial charge in [-0.2, -0.15) is 0 Å². The maximum atomic E-state index is 12.9. The molecule has 0 aliphatic carbocycles. The maximum Gasteiger partial charge on any atom is 1.00 e. The number of β-lactam (4-membered cyclic amide) rings is 1. The van der Waals surface area contributed by atoms with E-state index in [2.05, 4.69) is 15.5 Å². The number of nitrogens with two attached hydrogens (primary N) is 1. The minimum absolute atomic E-state index is 0. The number of nitrogen functional groups attached to an aromatic ring is 1. The number of carboxylic acids is 1. The Kier molecular flexibility index (Phi) is 6.56. The largest absolute Gasteiger partial charge is 1.00 e. The number of nitrogens with one attached hydrogen (secondary N) is 1. The monoisotopic (exact) mass is 491 g/mol. The molecule has 1 aromatic heterocycles. The van der Waals surface area contributed by atoms with Gasteiger partial charge in [0, 0.05) is 17.1 Å². The number of aliphatic carboxylic acids is 1. The molecule has 2 amide bonds. The van der Waals surface area contributed by atoms with E-state index in [1.54, 1.807) is 13.8 Å². The predicted octanol–water partition coefficient (Wildman–Crippen LogP) is -4.87. The van der Waals surface area contributed by atoms with E-state index < -0.39 is 52.2 Å². The zero-order chi connectivity index (χ0) is 22.7. The van der Waals surface area contributed by atoms with E-state index in [4.69, 9.17) is 15.3 Å². The van der Waals surface area contributed by atoms with Crippen LogP contribution in [0.25, 0.3) is 0 Å². The molecule has 1 aromatic rings. The average Bonchev–Trinajstić information content (AvgIpc) is 3.22. The number of oxime groups is 1. The van der Waals surface area contributed by atoms with E-state index >= 15 is 0 Å². The zero-order valence-electron chi connectivity index (χ0n) is 17.6. The number of nitrogens with zero attached hydrogens (tertiary/aromatic N) is 3. The summed E-state index contributed by atoms with van der Waals surface area (Å²) in [6.07, 6.45) is 0. The Labute approximate surface area is 212 Å². The molecule has 3 N–H and O–H groups in total. The molecular weight excluding hydrogens is 473 g/mol. The summed E-state index contributed by atoms with van der Waals surface area (Å²) in [5.41, 5.74) is 2.25. The topological polar surface area (TPSA) is 176 Å². The third-order valence-corrected chi connectivity index (χ3v) is 7.72. The van der Waals surface area contributed by atoms with Crippen molar-refractivity contribution in [3.8, 4) is 0 Å². The number of thioether (sulfide) groups is 1. The zero-order valence-corrected chi connectivity index (χ0v) is 21.2. The number of amides is 2. The van der Waals surface area contributed by atoms with Gasteiger partial charge in [-0.25, -0.2) is 4.98 Å². The van der Waals surface area contributed by atoms with Crippen molar-refractivity contribution in [1.29, 1.82) is 0 Å². The van der Waals surface area contributed by atoms with Crippen molar-refractivity contribution in [3.63, 3.8) is 0 Å². The fraction of sp³-hybridized carbons (Fsp3) is 0.529. The SMILES string of the molecule is CO/N=C(\C(=O)N[C@@H]1C(=O)N2[C@@H]1SCC1C(C)(C)C(=O)OC12C(=O)[O-])c1csc(N)n1.[Na+]. The smallest absolute Gasteiger partial charge is 0.544 e. The van der Waals surface area contributed by atoms with Gasteiger partial charge in [-0.3, -0.25) is 19.3 Å². The van der Waals surface area contributed by atoms with Gasteiger partial charge in [0.25, 0.3) is 11.8 Å². The molecule has 3 aliphatic rings. The molecule has 3 aliphatic heterocycles. The molecule has 4 rings (SSSR count). The second kappa shape index (κ2) is 8.48. The number of thiazole rings is 1. The number of hydrogen-bond acceptors (Lipinski definition) is 12. The second-order valence-electron chi connectivity index (χ2n) is 7.72. The van der Waals surface area contributed by atoms with Crippen molar-refractivity contribution in [2.24, 2.45) is 16.5 Å². The second-order valence-corrected chi connectivity index (χ2v) is 9.76. The van der Waals surface area contributed by atoms with Crippen molar-refractivity contribution in [2.75, 3.05) is 18.6 Å². The molecule has 4 heterocycles. The van der Waals surface area contributed by atoms with E-state index in [9.17, 15) is 24.3 Å². The van der Waals surface area contributed by atoms with Crippen LogP contribution in [0.5, 0.6) is 0 Å². The van der Waals surface area contributed by atoms with Crippen LogP contribution in [0.15, 0.2) is 10.5 Å². The van der Waals surface area contributed by atoms with Crippen molar-refractivity contribution in [3.05, 3.63) is 11.1 Å². The summed E-state index contributed by atoms with van der Waals surface area (Å²) < 4.78 is 5.26. The summed E-state index contributed by atoms with van der Waals surface area (Å²) in [7, 11) is 1.25. The minimum atomic E-state index is -2.21. The van der Waals surface area contributed by atoms with Crippen LogP contribution >= 0.6 is 23.1 Å². The number of ether oxygens (including phenoxy) is 1. The van der Waals surface area contributed by atoms with Crippen LogP contribution in [0, 0.1) is 11.3 Å². The number of anilines is 1. The van der Waals surface area contributed by atoms with Crippen molar-refractivity contribution in [1.82, 2.24) is 15.2 Å². The molecule has 4 atom stereocenters. The van der Waals surface area contributed by atoms with E-state index in [0.29, 0.717) is 0 Å². The Morgan fingerprint density at radius 1 is 1.44 bits per heavy atom. The molecule has 3 fully saturated rings. The number of rotatable bonds is 5. The van der Waals surface area contributed by atoms with Crippen LogP contribution < -0.4 is 45.7 Å². The van der Waals surface area contributed by atoms with Gasteiger partial charge in [0.2, 0.25) is 5.72 Å². The molecule has 0 bridgehead atoms. The third-order valence-electron chi connectivity index (χ3n) is 5.69. The maximum absolute atomic E-state index is 12.9. The molecule has 15 heteroatoms. The van der Waals surface area contributed by atoms with Gasteiger partial charge in [0.05, 0.1) is 5.41 Å². The van der Waals surface area contributed by atoms with Gasteiger partial charge in [-0.05, 0) is 13.8 Å². The van der Waals surface area contributed by atoms with Crippen molar-refractivity contribution >= 4 is 57.7 Å². The van der Waals surface area contributed by atoms with Gasteiger partial charge in [0.1, 0.15) is 30.2 Å². The molecular formula is C17H18N5NaO7S2. The van der Waals surface area contributed by atoms with Crippen LogP contribution in [-0.2, 0) is 28.8 Å². The summed E-state index contributed by atoms with van der Waals surface area (Å²) in [4.78, 5) is 59.8. The molecule has 12 nitrogen and oxygen atoms in total. The van der Waals surface area contributed by atoms with E-state index in [1.807, 2.05) is 0 Å². The summed E-state index contributed by atoms with van der Waals surface area (Å²) in [5.74, 6) is -4.44. The van der Waals surface area contributed by atoms with Crippen LogP contribution in [0.1, 0.15) is 19.5 Å². The average molecular weight is 491 g/mol. The van der Waals surface area contributed by atoms with E-state index in [-0.39, 0.29) is 51.8 Å². The molecule has 0 saturated carbocycles. The van der Waals surface area contributed by atoms with E-state index in [1.165, 1.54) is 24.3 Å². The minimum Gasteiger partial charge on any atom is -0.544 e. The van der Waals surface area contributed by atoms with Crippen molar-refractivity contribution in [2.45, 2.75) is 31.0 Å². The Balaban J connectivity index is 0.00000289. The van der Waals surface area contributed by atoms with Gasteiger partial charge in [-0.15, -0.1) is 23.1 Å². The standard InChI is InChI=1S/C17H19N5O7S2.Na/c1-16(2)7-5-30-12-9(11(24)22(12)17(7,13(25)26)29-14(16)27)20-10(23)8(21-28-3)6-4-31-15(18)19-6;/h4,7,9,12H,5H2,1-3H3,(H2,18,19)(H,20,23)(H,25,26);/q;+1/p-1/b21-8-;/t7?,9-,12-,17?;/m1./s1. The first-order valence-electron chi connectivity index (χ1n) is 9.08. The van der Waals surface area contributed by atoms with Gasteiger partial charge >= 0.3 is 35.5 Å². The van der Waals surface area contributed by atoms with Crippen LogP contribution in [-0.4, -0.2) is 69.4 Å². The first kappa shape index (κ1) is 24.8. The Morgan fingerprint density at radius 2 is 2.12 bits per heavy atom. The number of esters is 1. The number of aromatic nitrogens is 1. The van der Waals surface area contributed by atoms with Crippen molar-refractivity contribution < 1.29 is 63.4 Å². The van der Waals surface area contributed by atoms with Gasteiger partial charge < -0.3 is 30.5 Å². The van der Waals surface area contributed by atoms with Crippen LogP contribution in [0.2, 0.25) is 0 Å². The third kappa shape index (κ3) is 3.39. The summed E-state index contributed by atoms with van der Waals surface area (Å²) >= 11 is 2.35. The molecule has 0 aromatic carbocycles. The first-order valence-corrected chi connectivity index (χ1v) is 11.0. The Hall–Kier alpha value is -1.87. The Morgan fingerprint density at radius 3 is 2.69 bits per heavy atom. The van der Waals surface area contributed by atoms with Gasteiger partial charge in [0.15, 0.2) is 10.8 Å². The first-order chi connectivity index (χ1) is 14.6. The molecule has 0 spiro atoms. The molecule has 32 heavy (non-hydrogen) atoms. The molecule has 3 saturated heterocycles. The predicted molar refractivity (Wildman–Crippen MR) is 106 cm³/mol. The summed E-state index contributed by atoms with van der Waals surface area (Å²) in [5, 5.41) is 19.3. The Bertz CT molecular complexity index is 1030. The number of fused-ring (bicyclic) bond motifs is 3. The number of carboxylic acid groups (broad SMARTS) is 1. The molecule has 2 unspecified atom stereocenters. The van der Waals surface area contributed by atoms with E-state index in [0.717, 1.165) is 16.2 Å². The van der Waals surface area contributed by atoms with Crippen LogP contribution in [0.3, 0.4) is 0 Å². The number of carbonyl (C=O) groups excluding carboxylic acids is 4.